The lowest BCUT2D eigenvalue weighted by Gasteiger charge is -2.40. The van der Waals surface area contributed by atoms with E-state index < -0.39 is 74.2 Å². The molecule has 0 spiro atoms. The normalized spacial score (nSPS) is 21.8. The molecule has 59 heavy (non-hydrogen) atoms. The molecule has 0 radical (unpaired) electrons. The van der Waals surface area contributed by atoms with Gasteiger partial charge in [0.05, 0.1) is 25.4 Å². The number of ether oxygens (including phenoxy) is 2. The largest absolute Gasteiger partial charge is 0.394 e. The number of carbonyl (C=O) groups is 1. The van der Waals surface area contributed by atoms with Gasteiger partial charge in [-0.3, -0.25) is 4.79 Å². The molecule has 1 fully saturated rings. The molecule has 1 aliphatic heterocycles. The maximum atomic E-state index is 13.1. The van der Waals surface area contributed by atoms with Crippen LogP contribution >= 0.6 is 0 Å². The average Bonchev–Trinajstić information content (AvgIpc) is 3.23. The predicted octanol–water partition coefficient (Wildman–Crippen LogP) is 8.45. The highest BCUT2D eigenvalue weighted by Gasteiger charge is 2.44. The van der Waals surface area contributed by atoms with E-state index in [0.717, 1.165) is 38.5 Å². The van der Waals surface area contributed by atoms with Gasteiger partial charge in [-0.15, -0.1) is 0 Å². The summed E-state index contributed by atoms with van der Waals surface area (Å²) in [5.74, 6) is -0.711. The zero-order valence-corrected chi connectivity index (χ0v) is 37.7. The summed E-state index contributed by atoms with van der Waals surface area (Å²) in [5, 5.41) is 75.6. The van der Waals surface area contributed by atoms with Crippen molar-refractivity contribution in [2.75, 3.05) is 13.2 Å². The number of aliphatic hydroxyl groups excluding tert-OH is 7. The first-order chi connectivity index (χ1) is 28.7. The summed E-state index contributed by atoms with van der Waals surface area (Å²) in [6.45, 7) is 3.41. The number of hydrogen-bond donors (Lipinski definition) is 8. The molecule has 11 nitrogen and oxygen atoms in total. The third-order valence-electron chi connectivity index (χ3n) is 12.1. The summed E-state index contributed by atoms with van der Waals surface area (Å²) < 4.78 is 11.1. The molecule has 0 aliphatic carbocycles. The van der Waals surface area contributed by atoms with Crippen molar-refractivity contribution in [2.45, 2.75) is 274 Å². The maximum Gasteiger partial charge on any atom is 0.249 e. The predicted molar refractivity (Wildman–Crippen MR) is 238 cm³/mol. The number of carbonyl (C=O) groups excluding carboxylic acids is 1. The van der Waals surface area contributed by atoms with Gasteiger partial charge in [0.25, 0.3) is 0 Å². The first kappa shape index (κ1) is 55.9. The van der Waals surface area contributed by atoms with E-state index in [1.54, 1.807) is 0 Å². The fourth-order valence-electron chi connectivity index (χ4n) is 7.97. The Bertz CT molecular complexity index is 970. The van der Waals surface area contributed by atoms with Crippen molar-refractivity contribution in [1.82, 2.24) is 5.32 Å². The maximum absolute atomic E-state index is 13.1. The van der Waals surface area contributed by atoms with Crippen molar-refractivity contribution >= 4 is 5.91 Å². The Morgan fingerprint density at radius 1 is 0.593 bits per heavy atom. The Labute approximate surface area is 360 Å². The first-order valence-electron chi connectivity index (χ1n) is 24.6. The van der Waals surface area contributed by atoms with E-state index in [2.05, 4.69) is 19.2 Å². The van der Waals surface area contributed by atoms with E-state index in [9.17, 15) is 40.5 Å². The minimum atomic E-state index is -1.67. The molecule has 1 aliphatic rings. The summed E-state index contributed by atoms with van der Waals surface area (Å²) in [7, 11) is 0. The van der Waals surface area contributed by atoms with Crippen molar-refractivity contribution in [3.63, 3.8) is 0 Å². The fraction of sp³-hybridized carbons (Fsp3) is 0.938. The Morgan fingerprint density at radius 3 is 1.46 bits per heavy atom. The van der Waals surface area contributed by atoms with Crippen LogP contribution in [0, 0.1) is 0 Å². The quantitative estimate of drug-likeness (QED) is 0.0219. The number of allylic oxidation sites excluding steroid dienone is 1. The molecule has 11 heteroatoms. The molecule has 0 aromatic heterocycles. The zero-order valence-electron chi connectivity index (χ0n) is 37.7. The minimum Gasteiger partial charge on any atom is -0.394 e. The Morgan fingerprint density at radius 2 is 1.02 bits per heavy atom. The molecule has 9 unspecified atom stereocenters. The number of nitrogens with one attached hydrogen (secondary N) is 1. The van der Waals surface area contributed by atoms with E-state index >= 15 is 0 Å². The number of unbranched alkanes of at least 4 members (excludes halogenated alkanes) is 28. The van der Waals surface area contributed by atoms with Gasteiger partial charge in [-0.05, 0) is 25.7 Å². The molecule has 350 valence electrons. The van der Waals surface area contributed by atoms with Gasteiger partial charge in [-0.25, -0.2) is 0 Å². The molecule has 1 saturated heterocycles. The Kier molecular flexibility index (Phi) is 36.5. The van der Waals surface area contributed by atoms with Crippen LogP contribution in [0.3, 0.4) is 0 Å². The van der Waals surface area contributed by atoms with E-state index in [-0.39, 0.29) is 12.8 Å². The Hall–Kier alpha value is -1.15. The van der Waals surface area contributed by atoms with Gasteiger partial charge >= 0.3 is 0 Å². The number of rotatable bonds is 41. The first-order valence-corrected chi connectivity index (χ1v) is 24.6. The summed E-state index contributed by atoms with van der Waals surface area (Å²) in [6.07, 6.45) is 29.9. The second-order valence-corrected chi connectivity index (χ2v) is 17.5. The lowest BCUT2D eigenvalue weighted by Crippen LogP contribution is -2.60. The average molecular weight is 844 g/mol. The van der Waals surface area contributed by atoms with Gasteiger partial charge in [0.15, 0.2) is 6.29 Å². The summed E-state index contributed by atoms with van der Waals surface area (Å²) in [5.41, 5.74) is 0. The summed E-state index contributed by atoms with van der Waals surface area (Å²) in [6, 6.07) is -1.19. The van der Waals surface area contributed by atoms with Crippen LogP contribution in [-0.4, -0.2) is 110 Å². The van der Waals surface area contributed by atoms with Crippen LogP contribution < -0.4 is 5.32 Å². The Balaban J connectivity index is 2.39. The van der Waals surface area contributed by atoms with E-state index in [4.69, 9.17) is 9.47 Å². The van der Waals surface area contributed by atoms with E-state index in [1.165, 1.54) is 148 Å². The van der Waals surface area contributed by atoms with Gasteiger partial charge in [0, 0.05) is 0 Å². The number of hydrogen-bond acceptors (Lipinski definition) is 10. The third-order valence-corrected chi connectivity index (χ3v) is 12.1. The van der Waals surface area contributed by atoms with Crippen LogP contribution in [0.5, 0.6) is 0 Å². The molecule has 1 heterocycles. The summed E-state index contributed by atoms with van der Waals surface area (Å²) in [4.78, 5) is 13.1. The van der Waals surface area contributed by atoms with Crippen LogP contribution in [-0.2, 0) is 14.3 Å². The van der Waals surface area contributed by atoms with E-state index in [1.807, 2.05) is 12.2 Å². The van der Waals surface area contributed by atoms with Crippen molar-refractivity contribution < 1.29 is 50.0 Å². The van der Waals surface area contributed by atoms with Crippen molar-refractivity contribution in [3.05, 3.63) is 12.2 Å². The van der Waals surface area contributed by atoms with Crippen LogP contribution in [0.1, 0.15) is 219 Å². The second kappa shape index (κ2) is 38.5. The van der Waals surface area contributed by atoms with Crippen molar-refractivity contribution in [2.24, 2.45) is 0 Å². The monoisotopic (exact) mass is 844 g/mol. The van der Waals surface area contributed by atoms with Crippen LogP contribution in [0.4, 0.5) is 0 Å². The van der Waals surface area contributed by atoms with Gasteiger partial charge < -0.3 is 50.5 Å². The van der Waals surface area contributed by atoms with Crippen LogP contribution in [0.25, 0.3) is 0 Å². The highest BCUT2D eigenvalue weighted by Crippen LogP contribution is 2.23. The molecule has 9 atom stereocenters. The van der Waals surface area contributed by atoms with E-state index in [0.29, 0.717) is 6.42 Å². The topological polar surface area (TPSA) is 189 Å². The van der Waals surface area contributed by atoms with Gasteiger partial charge in [-0.2, -0.15) is 0 Å². The molecule has 1 amide bonds. The third kappa shape index (κ3) is 28.2. The van der Waals surface area contributed by atoms with Gasteiger partial charge in [0.1, 0.15) is 36.6 Å². The van der Waals surface area contributed by atoms with Crippen LogP contribution in [0.15, 0.2) is 12.2 Å². The molecule has 0 aromatic rings. The van der Waals surface area contributed by atoms with Crippen LogP contribution in [0.2, 0.25) is 0 Å². The fourth-order valence-corrected chi connectivity index (χ4v) is 7.97. The number of aliphatic hydroxyl groups is 7. The van der Waals surface area contributed by atoms with Gasteiger partial charge in [0.2, 0.25) is 5.91 Å². The molecular weight excluding hydrogens is 751 g/mol. The zero-order chi connectivity index (χ0) is 43.4. The molecular formula is C48H93NO10. The van der Waals surface area contributed by atoms with Crippen molar-refractivity contribution in [1.29, 1.82) is 0 Å². The number of amides is 1. The lowest BCUT2D eigenvalue weighted by molar-refractivity contribution is -0.303. The lowest BCUT2D eigenvalue weighted by atomic mass is 9.99. The molecule has 0 bridgehead atoms. The molecule has 1 rings (SSSR count). The summed E-state index contributed by atoms with van der Waals surface area (Å²) >= 11 is 0. The van der Waals surface area contributed by atoms with Gasteiger partial charge in [-0.1, -0.05) is 206 Å². The standard InChI is InChI=1S/C48H93NO10/c1-3-5-7-9-11-13-15-17-18-19-20-21-22-23-24-26-28-30-32-34-36-41(52)47(57)49-39(38-58-48-46(56)45(55)44(54)42(37-50)59-48)43(53)40(51)35-33-31-29-27-25-16-14-12-10-8-6-4-2/h31,33,39-46,48,50-56H,3-30,32,34-38H2,1-2H3,(H,49,57). The highest BCUT2D eigenvalue weighted by molar-refractivity contribution is 5.80. The van der Waals surface area contributed by atoms with Crippen molar-refractivity contribution in [3.8, 4) is 0 Å². The SMILES string of the molecule is CCCCCCCCCCCC=CCC(O)C(O)C(COC1OC(CO)C(O)C(O)C1O)NC(=O)C(O)CCCCCCCCCCCCCCCCCCCCCC. The molecule has 0 saturated carbocycles. The molecule has 8 N–H and O–H groups in total. The molecule has 0 aromatic carbocycles. The second-order valence-electron chi connectivity index (χ2n) is 17.5. The highest BCUT2D eigenvalue weighted by atomic mass is 16.7. The minimum absolute atomic E-state index is 0.132. The smallest absolute Gasteiger partial charge is 0.249 e.